The fourth-order valence-corrected chi connectivity index (χ4v) is 1.62. The average molecular weight is 282 g/mol. The van der Waals surface area contributed by atoms with E-state index in [1.165, 1.54) is 7.11 Å². The molecule has 1 rings (SSSR count). The Morgan fingerprint density at radius 3 is 2.35 bits per heavy atom. The van der Waals surface area contributed by atoms with Gasteiger partial charge in [-0.05, 0) is 24.6 Å². The van der Waals surface area contributed by atoms with Gasteiger partial charge in [0.1, 0.15) is 11.9 Å². The number of carboxylic acid groups (broad SMARTS) is 1. The van der Waals surface area contributed by atoms with Gasteiger partial charge in [-0.15, -0.1) is 0 Å². The van der Waals surface area contributed by atoms with E-state index in [2.05, 4.69) is 10.6 Å². The fraction of sp³-hybridized carbons (Fsp3) is 0.385. The van der Waals surface area contributed by atoms with E-state index in [0.717, 1.165) is 0 Å². The molecule has 0 bridgehead atoms. The molecular formula is C13H18N2O5. The number of nitrogens with one attached hydrogen (secondary N) is 2. The van der Waals surface area contributed by atoms with Crippen LogP contribution in [0.1, 0.15) is 18.6 Å². The number of ether oxygens (including phenoxy) is 1. The molecule has 7 nitrogen and oxygen atoms in total. The average Bonchev–Trinajstić information content (AvgIpc) is 2.44. The van der Waals surface area contributed by atoms with E-state index in [9.17, 15) is 14.7 Å². The number of urea groups is 1. The first-order valence-corrected chi connectivity index (χ1v) is 6.08. The number of carbonyl (C=O) groups is 2. The maximum Gasteiger partial charge on any atom is 0.329 e. The summed E-state index contributed by atoms with van der Waals surface area (Å²) in [5.74, 6) is -0.732. The van der Waals surface area contributed by atoms with Crippen LogP contribution in [0.5, 0.6) is 5.75 Å². The molecule has 4 N–H and O–H groups in total. The Hall–Kier alpha value is -2.28. The summed E-state index contributed by atoms with van der Waals surface area (Å²) in [4.78, 5) is 22.5. The lowest BCUT2D eigenvalue weighted by Crippen LogP contribution is -2.49. The van der Waals surface area contributed by atoms with Crippen LogP contribution in [-0.4, -0.2) is 41.9 Å². The van der Waals surface area contributed by atoms with Crippen LogP contribution < -0.4 is 15.4 Å². The Kier molecular flexibility index (Phi) is 5.79. The zero-order chi connectivity index (χ0) is 15.1. The van der Waals surface area contributed by atoms with E-state index in [1.54, 1.807) is 31.2 Å². The van der Waals surface area contributed by atoms with Crippen molar-refractivity contribution in [3.05, 3.63) is 29.8 Å². The number of hydrogen-bond acceptors (Lipinski definition) is 4. The second-order valence-corrected chi connectivity index (χ2v) is 4.04. The highest BCUT2D eigenvalue weighted by molar-refractivity contribution is 5.83. The molecule has 0 heterocycles. The summed E-state index contributed by atoms with van der Waals surface area (Å²) in [7, 11) is 1.50. The molecule has 0 aliphatic rings. The van der Waals surface area contributed by atoms with Crippen LogP contribution >= 0.6 is 0 Å². The number of benzene rings is 1. The Morgan fingerprint density at radius 1 is 1.30 bits per heavy atom. The van der Waals surface area contributed by atoms with Crippen LogP contribution in [0.3, 0.4) is 0 Å². The second kappa shape index (κ2) is 7.34. The zero-order valence-corrected chi connectivity index (χ0v) is 11.3. The third kappa shape index (κ3) is 4.13. The number of rotatable bonds is 6. The van der Waals surface area contributed by atoms with Crippen molar-refractivity contribution in [1.29, 1.82) is 0 Å². The van der Waals surface area contributed by atoms with Crippen LogP contribution in [0, 0.1) is 0 Å². The number of methoxy groups -OCH3 is 1. The first-order chi connectivity index (χ1) is 9.49. The van der Waals surface area contributed by atoms with Gasteiger partial charge >= 0.3 is 12.0 Å². The standard InChI is InChI=1S/C13H18N2O5/c1-3-14-13(19)15-10(12(17)18)11(16)8-4-6-9(20-2)7-5-8/h4-7,10-11,16H,3H2,1-2H3,(H,17,18)(H2,14,15,19). The normalized spacial score (nSPS) is 13.2. The lowest BCUT2D eigenvalue weighted by Gasteiger charge is -2.21. The molecule has 0 aliphatic carbocycles. The number of carboxylic acids is 1. The molecule has 110 valence electrons. The lowest BCUT2D eigenvalue weighted by atomic mass is 10.0. The molecule has 1 aromatic carbocycles. The first-order valence-electron chi connectivity index (χ1n) is 6.08. The third-order valence-electron chi connectivity index (χ3n) is 2.66. The Balaban J connectivity index is 2.84. The summed E-state index contributed by atoms with van der Waals surface area (Å²) in [6.07, 6.45) is -1.36. The minimum Gasteiger partial charge on any atom is -0.497 e. The molecule has 2 unspecified atom stereocenters. The number of amides is 2. The quantitative estimate of drug-likeness (QED) is 0.607. The third-order valence-corrected chi connectivity index (χ3v) is 2.66. The van der Waals surface area contributed by atoms with Gasteiger partial charge in [-0.1, -0.05) is 12.1 Å². The van der Waals surface area contributed by atoms with Crippen molar-refractivity contribution in [1.82, 2.24) is 10.6 Å². The molecule has 7 heteroatoms. The molecular weight excluding hydrogens is 264 g/mol. The Morgan fingerprint density at radius 2 is 1.90 bits per heavy atom. The Labute approximate surface area is 116 Å². The molecule has 0 aromatic heterocycles. The van der Waals surface area contributed by atoms with Gasteiger partial charge in [0.05, 0.1) is 7.11 Å². The fourth-order valence-electron chi connectivity index (χ4n) is 1.62. The predicted octanol–water partition coefficient (Wildman–Crippen LogP) is 0.501. The van der Waals surface area contributed by atoms with Crippen molar-refractivity contribution >= 4 is 12.0 Å². The monoisotopic (exact) mass is 282 g/mol. The van der Waals surface area contributed by atoms with Crippen LogP contribution in [0.15, 0.2) is 24.3 Å². The van der Waals surface area contributed by atoms with Gasteiger partial charge in [0.15, 0.2) is 6.04 Å². The van der Waals surface area contributed by atoms with Crippen molar-refractivity contribution in [2.75, 3.05) is 13.7 Å². The summed E-state index contributed by atoms with van der Waals surface area (Å²) in [5.41, 5.74) is 0.370. The van der Waals surface area contributed by atoms with E-state index in [0.29, 0.717) is 17.9 Å². The van der Waals surface area contributed by atoms with E-state index >= 15 is 0 Å². The van der Waals surface area contributed by atoms with Crippen LogP contribution in [0.2, 0.25) is 0 Å². The second-order valence-electron chi connectivity index (χ2n) is 4.04. The van der Waals surface area contributed by atoms with E-state index in [-0.39, 0.29) is 0 Å². The molecule has 0 radical (unpaired) electrons. The first kappa shape index (κ1) is 15.8. The maximum atomic E-state index is 11.4. The Bertz CT molecular complexity index is 460. The van der Waals surface area contributed by atoms with Crippen molar-refractivity contribution in [2.24, 2.45) is 0 Å². The molecule has 0 aliphatic heterocycles. The number of aliphatic hydroxyl groups excluding tert-OH is 1. The minimum absolute atomic E-state index is 0.358. The predicted molar refractivity (Wildman–Crippen MR) is 71.6 cm³/mol. The molecule has 0 saturated heterocycles. The van der Waals surface area contributed by atoms with Gasteiger partial charge in [-0.25, -0.2) is 9.59 Å². The van der Waals surface area contributed by atoms with Gasteiger partial charge in [0.2, 0.25) is 0 Å². The molecule has 2 amide bonds. The number of aliphatic hydroxyl groups is 1. The highest BCUT2D eigenvalue weighted by Gasteiger charge is 2.29. The summed E-state index contributed by atoms with van der Waals surface area (Å²) in [6.45, 7) is 2.06. The molecule has 0 saturated carbocycles. The molecule has 0 spiro atoms. The minimum atomic E-state index is -1.44. The number of carbonyl (C=O) groups excluding carboxylic acids is 1. The zero-order valence-electron chi connectivity index (χ0n) is 11.3. The topological polar surface area (TPSA) is 108 Å². The van der Waals surface area contributed by atoms with Crippen molar-refractivity contribution in [2.45, 2.75) is 19.1 Å². The lowest BCUT2D eigenvalue weighted by molar-refractivity contribution is -0.142. The molecule has 2 atom stereocenters. The SMILES string of the molecule is CCNC(=O)NC(C(=O)O)C(O)c1ccc(OC)cc1. The van der Waals surface area contributed by atoms with Gasteiger partial charge in [0.25, 0.3) is 0 Å². The van der Waals surface area contributed by atoms with Gasteiger partial charge in [-0.2, -0.15) is 0 Å². The largest absolute Gasteiger partial charge is 0.497 e. The van der Waals surface area contributed by atoms with Crippen molar-refractivity contribution in [3.63, 3.8) is 0 Å². The van der Waals surface area contributed by atoms with Crippen LogP contribution in [-0.2, 0) is 4.79 Å². The summed E-state index contributed by atoms with van der Waals surface area (Å²) < 4.78 is 4.98. The van der Waals surface area contributed by atoms with Gasteiger partial charge in [0, 0.05) is 6.54 Å². The summed E-state index contributed by atoms with van der Waals surface area (Å²) >= 11 is 0. The number of aliphatic carboxylic acids is 1. The maximum absolute atomic E-state index is 11.4. The van der Waals surface area contributed by atoms with Crippen LogP contribution in [0.25, 0.3) is 0 Å². The van der Waals surface area contributed by atoms with Crippen LogP contribution in [0.4, 0.5) is 4.79 Å². The molecule has 20 heavy (non-hydrogen) atoms. The van der Waals surface area contributed by atoms with E-state index in [1.807, 2.05) is 0 Å². The van der Waals surface area contributed by atoms with Gasteiger partial charge < -0.3 is 25.6 Å². The summed E-state index contributed by atoms with van der Waals surface area (Å²) in [6, 6.07) is 4.20. The highest BCUT2D eigenvalue weighted by atomic mass is 16.5. The van der Waals surface area contributed by atoms with Crippen molar-refractivity contribution in [3.8, 4) is 5.75 Å². The van der Waals surface area contributed by atoms with E-state index < -0.39 is 24.1 Å². The number of hydrogen-bond donors (Lipinski definition) is 4. The highest BCUT2D eigenvalue weighted by Crippen LogP contribution is 2.20. The molecule has 0 fully saturated rings. The van der Waals surface area contributed by atoms with Crippen molar-refractivity contribution < 1.29 is 24.5 Å². The smallest absolute Gasteiger partial charge is 0.329 e. The molecule has 1 aromatic rings. The van der Waals surface area contributed by atoms with E-state index in [4.69, 9.17) is 9.84 Å². The summed E-state index contributed by atoms with van der Waals surface area (Å²) in [5, 5.41) is 23.8. The van der Waals surface area contributed by atoms with Gasteiger partial charge in [-0.3, -0.25) is 0 Å².